The topological polar surface area (TPSA) is 175 Å². The van der Waals surface area contributed by atoms with Gasteiger partial charge in [-0.15, -0.1) is 0 Å². The normalized spacial score (nSPS) is 15.8. The third kappa shape index (κ3) is 30.9. The van der Waals surface area contributed by atoms with Gasteiger partial charge in [0.1, 0.15) is 90.6 Å². The Morgan fingerprint density at radius 1 is 0.339 bits per heavy atom. The van der Waals surface area contributed by atoms with Crippen LogP contribution in [-0.2, 0) is 37.9 Å². The fourth-order valence-corrected chi connectivity index (χ4v) is 3.87. The molecule has 0 aromatic heterocycles. The van der Waals surface area contributed by atoms with Gasteiger partial charge in [0.25, 0.3) is 35.5 Å². The highest BCUT2D eigenvalue weighted by Crippen LogP contribution is 2.40. The van der Waals surface area contributed by atoms with Crippen LogP contribution in [0.1, 0.15) is 19.3 Å². The van der Waals surface area contributed by atoms with Crippen molar-refractivity contribution in [1.82, 2.24) is 0 Å². The van der Waals surface area contributed by atoms with Crippen molar-refractivity contribution >= 4 is 0 Å². The van der Waals surface area contributed by atoms with Gasteiger partial charge >= 0.3 is 12.2 Å². The summed E-state index contributed by atoms with van der Waals surface area (Å²) < 4.78 is 254. The van der Waals surface area contributed by atoms with E-state index >= 15 is 0 Å². The summed E-state index contributed by atoms with van der Waals surface area (Å²) in [4.78, 5) is 0. The van der Waals surface area contributed by atoms with E-state index in [1.54, 1.807) is 0 Å². The van der Waals surface area contributed by atoms with E-state index in [1.807, 2.05) is 0 Å². The molecule has 0 aliphatic heterocycles. The number of halogens is 16. The Kier molecular flexibility index (Phi) is 24.8. The molecule has 0 aliphatic rings. The Morgan fingerprint density at radius 3 is 0.966 bits per heavy atom. The number of aliphatic hydroxyl groups excluding tert-OH is 5. The first-order valence-electron chi connectivity index (χ1n) is 16.8. The summed E-state index contributed by atoms with van der Waals surface area (Å²) >= 11 is 0. The summed E-state index contributed by atoms with van der Waals surface area (Å²) in [5.74, 6) is -25.4. The second-order valence-electron chi connectivity index (χ2n) is 13.0. The predicted octanol–water partition coefficient (Wildman–Crippen LogP) is 3.35. The SMILES string of the molecule is OCC(O)COCCC(F)(F)COCC(F)(F)CC(F)(F)OC(F)(F)CC(F)(F)COCC(O)COCC(F)(F)COCC(F)(F)COCC(F)(F)COCC(O)CO. The van der Waals surface area contributed by atoms with Gasteiger partial charge in [0.05, 0.1) is 46.2 Å². The van der Waals surface area contributed by atoms with E-state index in [1.165, 1.54) is 0 Å². The van der Waals surface area contributed by atoms with Crippen molar-refractivity contribution in [2.24, 2.45) is 0 Å². The summed E-state index contributed by atoms with van der Waals surface area (Å²) in [5, 5.41) is 44.8. The smallest absolute Gasteiger partial charge is 0.366 e. The highest BCUT2D eigenvalue weighted by Gasteiger charge is 2.54. The maximum absolute atomic E-state index is 14.0. The molecule has 0 amide bonds. The Balaban J connectivity index is 4.57. The van der Waals surface area contributed by atoms with Gasteiger partial charge in [-0.05, 0) is 0 Å². The van der Waals surface area contributed by atoms with Crippen molar-refractivity contribution < 1.29 is 134 Å². The lowest BCUT2D eigenvalue weighted by molar-refractivity contribution is -0.398. The highest BCUT2D eigenvalue weighted by atomic mass is 19.3. The number of aliphatic hydroxyl groups is 5. The third-order valence-electron chi connectivity index (χ3n) is 6.32. The molecule has 356 valence electrons. The molecule has 0 aromatic carbocycles. The van der Waals surface area contributed by atoms with Crippen molar-refractivity contribution in [2.75, 3.05) is 106 Å². The minimum atomic E-state index is -5.54. The number of hydrogen-bond donors (Lipinski definition) is 5. The zero-order valence-electron chi connectivity index (χ0n) is 30.7. The Labute approximate surface area is 325 Å². The second-order valence-corrected chi connectivity index (χ2v) is 13.0. The lowest BCUT2D eigenvalue weighted by Crippen LogP contribution is -2.43. The molecule has 29 heteroatoms. The largest absolute Gasteiger partial charge is 0.394 e. The van der Waals surface area contributed by atoms with Crippen LogP contribution < -0.4 is 0 Å². The summed E-state index contributed by atoms with van der Waals surface area (Å²) in [6, 6.07) is 0. The average molecular weight is 919 g/mol. The first-order valence-corrected chi connectivity index (χ1v) is 16.8. The third-order valence-corrected chi connectivity index (χ3v) is 6.32. The summed E-state index contributed by atoms with van der Waals surface area (Å²) in [5.41, 5.74) is 0. The van der Waals surface area contributed by atoms with E-state index in [0.29, 0.717) is 0 Å². The van der Waals surface area contributed by atoms with Crippen LogP contribution in [0.15, 0.2) is 0 Å². The molecular formula is C30H46F16O13. The van der Waals surface area contributed by atoms with E-state index in [9.17, 15) is 75.4 Å². The van der Waals surface area contributed by atoms with Gasteiger partial charge in [-0.2, -0.15) is 17.6 Å². The van der Waals surface area contributed by atoms with E-state index in [0.717, 1.165) is 0 Å². The van der Waals surface area contributed by atoms with Gasteiger partial charge in [0.15, 0.2) is 0 Å². The van der Waals surface area contributed by atoms with Crippen LogP contribution in [0.2, 0.25) is 0 Å². The van der Waals surface area contributed by atoms with Crippen molar-refractivity contribution in [3.05, 3.63) is 0 Å². The number of hydrogen-bond acceptors (Lipinski definition) is 13. The van der Waals surface area contributed by atoms with Crippen LogP contribution >= 0.6 is 0 Å². The molecule has 5 N–H and O–H groups in total. The highest BCUT2D eigenvalue weighted by molar-refractivity contribution is 4.78. The molecule has 0 bridgehead atoms. The molecule has 0 saturated heterocycles. The fraction of sp³-hybridized carbons (Fsp3) is 1.00. The van der Waals surface area contributed by atoms with E-state index in [2.05, 4.69) is 37.9 Å². The molecule has 3 atom stereocenters. The van der Waals surface area contributed by atoms with Crippen LogP contribution in [0.25, 0.3) is 0 Å². The van der Waals surface area contributed by atoms with Crippen LogP contribution in [0.4, 0.5) is 70.2 Å². The summed E-state index contributed by atoms with van der Waals surface area (Å²) in [6.07, 6.45) is -23.0. The number of rotatable bonds is 37. The van der Waals surface area contributed by atoms with Gasteiger partial charge < -0.3 is 58.7 Å². The summed E-state index contributed by atoms with van der Waals surface area (Å²) in [6.45, 7) is -21.8. The average Bonchev–Trinajstić information content (AvgIpc) is 3.03. The zero-order valence-corrected chi connectivity index (χ0v) is 30.7. The first kappa shape index (κ1) is 57.4. The van der Waals surface area contributed by atoms with Gasteiger partial charge in [0.2, 0.25) is 0 Å². The van der Waals surface area contributed by atoms with Gasteiger partial charge in [0, 0.05) is 6.42 Å². The van der Waals surface area contributed by atoms with E-state index in [-0.39, 0.29) is 0 Å². The lowest BCUT2D eigenvalue weighted by Gasteiger charge is -2.29. The van der Waals surface area contributed by atoms with Crippen molar-refractivity contribution in [3.63, 3.8) is 0 Å². The fourth-order valence-electron chi connectivity index (χ4n) is 3.87. The molecule has 0 aliphatic carbocycles. The first-order chi connectivity index (χ1) is 26.8. The standard InChI is InChI=1S/C30H46F16O13/c31-23(32,1-2-52-5-20(49)3-47)11-56-13-25(35,36)10-30(45,46)59-29(43,44)9-24(33,34)12-54-7-22(51)8-55-15-27(39,40)17-58-19-28(41,42)18-57-16-26(37,38)14-53-6-21(50)4-48/h20-22,47-51H,1-19H2. The van der Waals surface area contributed by atoms with Crippen LogP contribution in [0.3, 0.4) is 0 Å². The molecular weight excluding hydrogens is 872 g/mol. The maximum Gasteiger partial charge on any atom is 0.366 e. The van der Waals surface area contributed by atoms with Crippen molar-refractivity contribution in [3.8, 4) is 0 Å². The zero-order chi connectivity index (χ0) is 45.8. The molecule has 0 rings (SSSR count). The van der Waals surface area contributed by atoms with Gasteiger partial charge in [-0.25, -0.2) is 52.7 Å². The van der Waals surface area contributed by atoms with Crippen molar-refractivity contribution in [2.45, 2.75) is 85.3 Å². The molecule has 0 spiro atoms. The monoisotopic (exact) mass is 918 g/mol. The van der Waals surface area contributed by atoms with E-state index in [4.69, 9.17) is 20.4 Å². The predicted molar refractivity (Wildman–Crippen MR) is 162 cm³/mol. The van der Waals surface area contributed by atoms with Gasteiger partial charge in [-0.3, -0.25) is 4.74 Å². The van der Waals surface area contributed by atoms with Crippen LogP contribution in [0, 0.1) is 0 Å². The van der Waals surface area contributed by atoms with Gasteiger partial charge in [-0.1, -0.05) is 0 Å². The molecule has 3 unspecified atom stereocenters. The molecule has 59 heavy (non-hydrogen) atoms. The number of alkyl halides is 16. The Bertz CT molecular complexity index is 1130. The Morgan fingerprint density at radius 2 is 0.610 bits per heavy atom. The molecule has 0 heterocycles. The molecule has 0 fully saturated rings. The quantitative estimate of drug-likeness (QED) is 0.0454. The van der Waals surface area contributed by atoms with E-state index < -0.39 is 191 Å². The Hall–Kier alpha value is -1.64. The lowest BCUT2D eigenvalue weighted by atomic mass is 10.2. The van der Waals surface area contributed by atoms with Crippen LogP contribution in [0.5, 0.6) is 0 Å². The maximum atomic E-state index is 14.0. The number of ether oxygens (including phenoxy) is 8. The van der Waals surface area contributed by atoms with Crippen molar-refractivity contribution in [1.29, 1.82) is 0 Å². The summed E-state index contributed by atoms with van der Waals surface area (Å²) in [7, 11) is 0. The second kappa shape index (κ2) is 25.5. The molecule has 13 nitrogen and oxygen atoms in total. The minimum Gasteiger partial charge on any atom is -0.394 e. The van der Waals surface area contributed by atoms with Crippen LogP contribution in [-0.4, -0.2) is 197 Å². The molecule has 0 saturated carbocycles. The molecule has 0 aromatic rings. The molecule has 0 radical (unpaired) electrons. The minimum absolute atomic E-state index is 0.562.